The molecule has 2 N–H and O–H groups in total. The van der Waals surface area contributed by atoms with Crippen LogP contribution in [0.3, 0.4) is 0 Å². The van der Waals surface area contributed by atoms with Crippen molar-refractivity contribution in [3.8, 4) is 0 Å². The molecular weight excluding hydrogens is 234 g/mol. The standard InChI is InChI=1S/C12H16N3O3/c1-11(2)5-8(12(3,4)15(11)18)7-6-13-10(17)14-9(7)16/h5-6H,1-4H3,(H2,13,14,16,17). The van der Waals surface area contributed by atoms with Crippen LogP contribution < -0.4 is 11.2 Å². The van der Waals surface area contributed by atoms with E-state index in [1.807, 2.05) is 0 Å². The van der Waals surface area contributed by atoms with Crippen molar-refractivity contribution >= 4 is 5.57 Å². The van der Waals surface area contributed by atoms with Crippen LogP contribution >= 0.6 is 0 Å². The largest absolute Gasteiger partial charge is 0.325 e. The average molecular weight is 250 g/mol. The lowest BCUT2D eigenvalue weighted by Crippen LogP contribution is -2.47. The van der Waals surface area contributed by atoms with Crippen molar-refractivity contribution in [1.29, 1.82) is 0 Å². The molecular formula is C12H16N3O3. The summed E-state index contributed by atoms with van der Waals surface area (Å²) in [6.07, 6.45) is 3.12. The fraction of sp³-hybridized carbons (Fsp3) is 0.500. The maximum Gasteiger partial charge on any atom is 0.325 e. The molecule has 0 spiro atoms. The quantitative estimate of drug-likeness (QED) is 0.767. The van der Waals surface area contributed by atoms with E-state index in [0.29, 0.717) is 11.1 Å². The van der Waals surface area contributed by atoms with Crippen molar-refractivity contribution in [2.45, 2.75) is 38.8 Å². The molecule has 18 heavy (non-hydrogen) atoms. The summed E-state index contributed by atoms with van der Waals surface area (Å²) in [5.74, 6) is 0. The number of hydrogen-bond acceptors (Lipinski definition) is 3. The van der Waals surface area contributed by atoms with E-state index in [2.05, 4.69) is 9.97 Å². The first-order valence-corrected chi connectivity index (χ1v) is 5.69. The smallest absolute Gasteiger partial charge is 0.313 e. The normalized spacial score (nSPS) is 21.9. The molecule has 2 rings (SSSR count). The second-order valence-corrected chi connectivity index (χ2v) is 5.55. The Kier molecular flexibility index (Phi) is 2.60. The van der Waals surface area contributed by atoms with Crippen molar-refractivity contribution in [3.05, 3.63) is 38.7 Å². The van der Waals surface area contributed by atoms with Gasteiger partial charge in [0.15, 0.2) is 0 Å². The van der Waals surface area contributed by atoms with Crippen LogP contribution in [0.25, 0.3) is 5.57 Å². The third-order valence-corrected chi connectivity index (χ3v) is 3.30. The number of hydrogen-bond donors (Lipinski definition) is 2. The molecule has 0 saturated heterocycles. The number of rotatable bonds is 1. The van der Waals surface area contributed by atoms with Gasteiger partial charge in [-0.1, -0.05) is 6.08 Å². The Morgan fingerprint density at radius 2 is 1.78 bits per heavy atom. The van der Waals surface area contributed by atoms with Crippen LogP contribution in [0.2, 0.25) is 0 Å². The minimum absolute atomic E-state index is 0.325. The summed E-state index contributed by atoms with van der Waals surface area (Å²) >= 11 is 0. The SMILES string of the molecule is CC1(C)C=C(c2c[nH]c(=O)[nH]c2=O)C(C)(C)N1[O]. The number of H-pyrrole nitrogens is 2. The summed E-state index contributed by atoms with van der Waals surface area (Å²) < 4.78 is 0. The summed E-state index contributed by atoms with van der Waals surface area (Å²) in [6, 6.07) is 0. The monoisotopic (exact) mass is 250 g/mol. The topological polar surface area (TPSA) is 88.9 Å². The van der Waals surface area contributed by atoms with Gasteiger partial charge in [-0.25, -0.2) is 4.79 Å². The van der Waals surface area contributed by atoms with Crippen LogP contribution in [0.15, 0.2) is 21.9 Å². The highest BCUT2D eigenvalue weighted by Gasteiger charge is 2.47. The van der Waals surface area contributed by atoms with Crippen LogP contribution in [0.4, 0.5) is 0 Å². The maximum atomic E-state index is 12.2. The van der Waals surface area contributed by atoms with Gasteiger partial charge in [0.05, 0.1) is 16.6 Å². The number of nitrogens with one attached hydrogen (secondary N) is 2. The van der Waals surface area contributed by atoms with E-state index in [1.54, 1.807) is 33.8 Å². The first-order chi connectivity index (χ1) is 8.16. The molecule has 0 bridgehead atoms. The van der Waals surface area contributed by atoms with Crippen LogP contribution in [-0.2, 0) is 5.21 Å². The van der Waals surface area contributed by atoms with Crippen molar-refractivity contribution in [1.82, 2.24) is 15.0 Å². The lowest BCUT2D eigenvalue weighted by atomic mass is 9.92. The summed E-state index contributed by atoms with van der Waals surface area (Å²) in [5, 5.41) is 13.1. The van der Waals surface area contributed by atoms with E-state index >= 15 is 0 Å². The predicted molar refractivity (Wildman–Crippen MR) is 66.3 cm³/mol. The molecule has 0 aromatic carbocycles. The van der Waals surface area contributed by atoms with Gasteiger partial charge in [-0.15, -0.1) is 10.3 Å². The fourth-order valence-electron chi connectivity index (χ4n) is 2.44. The minimum atomic E-state index is -0.811. The summed E-state index contributed by atoms with van der Waals surface area (Å²) in [7, 11) is 0. The Hall–Kier alpha value is -1.66. The third-order valence-electron chi connectivity index (χ3n) is 3.30. The van der Waals surface area contributed by atoms with E-state index in [-0.39, 0.29) is 0 Å². The Morgan fingerprint density at radius 1 is 1.17 bits per heavy atom. The third kappa shape index (κ3) is 1.74. The lowest BCUT2D eigenvalue weighted by Gasteiger charge is -2.33. The highest BCUT2D eigenvalue weighted by Crippen LogP contribution is 2.42. The second kappa shape index (κ2) is 3.66. The lowest BCUT2D eigenvalue weighted by molar-refractivity contribution is -0.234. The van der Waals surface area contributed by atoms with Gasteiger partial charge in [0, 0.05) is 6.20 Å². The van der Waals surface area contributed by atoms with Gasteiger partial charge in [0.2, 0.25) is 0 Å². The molecule has 1 aromatic heterocycles. The predicted octanol–water partition coefficient (Wildman–Crippen LogP) is 0.665. The van der Waals surface area contributed by atoms with Gasteiger partial charge >= 0.3 is 5.69 Å². The van der Waals surface area contributed by atoms with Gasteiger partial charge < -0.3 is 4.98 Å². The number of aromatic amines is 2. The van der Waals surface area contributed by atoms with Crippen molar-refractivity contribution in [3.63, 3.8) is 0 Å². The molecule has 0 saturated carbocycles. The first-order valence-electron chi connectivity index (χ1n) is 5.69. The Balaban J connectivity index is 2.65. The van der Waals surface area contributed by atoms with E-state index in [1.165, 1.54) is 6.20 Å². The van der Waals surface area contributed by atoms with E-state index in [9.17, 15) is 14.8 Å². The number of aromatic nitrogens is 2. The molecule has 1 aliphatic heterocycles. The van der Waals surface area contributed by atoms with Gasteiger partial charge in [0.1, 0.15) is 0 Å². The van der Waals surface area contributed by atoms with Gasteiger partial charge in [0.25, 0.3) is 5.56 Å². The molecule has 0 unspecified atom stereocenters. The molecule has 1 radical (unpaired) electrons. The Labute approximate surface area is 104 Å². The van der Waals surface area contributed by atoms with Crippen LogP contribution in [0, 0.1) is 0 Å². The van der Waals surface area contributed by atoms with Crippen LogP contribution in [-0.4, -0.2) is 26.1 Å². The molecule has 6 heteroatoms. The highest BCUT2D eigenvalue weighted by atomic mass is 16.5. The van der Waals surface area contributed by atoms with Crippen LogP contribution in [0.1, 0.15) is 33.3 Å². The average Bonchev–Trinajstić information content (AvgIpc) is 2.39. The van der Waals surface area contributed by atoms with Gasteiger partial charge in [-0.05, 0) is 33.3 Å². The van der Waals surface area contributed by atoms with Crippen molar-refractivity contribution in [2.75, 3.05) is 0 Å². The summed E-state index contributed by atoms with van der Waals surface area (Å²) in [4.78, 5) is 27.4. The highest BCUT2D eigenvalue weighted by molar-refractivity contribution is 5.75. The van der Waals surface area contributed by atoms with E-state index in [4.69, 9.17) is 0 Å². The van der Waals surface area contributed by atoms with E-state index in [0.717, 1.165) is 5.06 Å². The molecule has 0 fully saturated rings. The molecule has 0 amide bonds. The summed E-state index contributed by atoms with van der Waals surface area (Å²) in [6.45, 7) is 7.08. The summed E-state index contributed by atoms with van der Waals surface area (Å²) in [5.41, 5.74) is -1.58. The Bertz CT molecular complexity index is 622. The van der Waals surface area contributed by atoms with Crippen molar-refractivity contribution < 1.29 is 5.21 Å². The molecule has 2 heterocycles. The molecule has 6 nitrogen and oxygen atoms in total. The van der Waals surface area contributed by atoms with Crippen LogP contribution in [0.5, 0.6) is 0 Å². The molecule has 0 atom stereocenters. The van der Waals surface area contributed by atoms with Gasteiger partial charge in [-0.2, -0.15) is 0 Å². The number of nitrogens with zero attached hydrogens (tertiary/aromatic N) is 1. The second-order valence-electron chi connectivity index (χ2n) is 5.55. The fourth-order valence-corrected chi connectivity index (χ4v) is 2.44. The zero-order chi connectivity index (χ0) is 13.7. The van der Waals surface area contributed by atoms with Crippen molar-refractivity contribution in [2.24, 2.45) is 0 Å². The zero-order valence-corrected chi connectivity index (χ0v) is 10.8. The molecule has 1 aliphatic rings. The van der Waals surface area contributed by atoms with Gasteiger partial charge in [-0.3, -0.25) is 9.78 Å². The zero-order valence-electron chi connectivity index (χ0n) is 10.8. The first kappa shape index (κ1) is 12.8. The van der Waals surface area contributed by atoms with E-state index < -0.39 is 22.3 Å². The Morgan fingerprint density at radius 3 is 2.22 bits per heavy atom. The molecule has 1 aromatic rings. The number of hydroxylamine groups is 2. The minimum Gasteiger partial charge on any atom is -0.313 e. The maximum absolute atomic E-state index is 12.2. The molecule has 0 aliphatic carbocycles. The molecule has 97 valence electrons.